The van der Waals surface area contributed by atoms with Crippen LogP contribution in [0, 0.1) is 17.8 Å². The Morgan fingerprint density at radius 2 is 2.07 bits per heavy atom. The molecule has 2 radical (unpaired) electrons. The molecule has 0 N–H and O–H groups in total. The van der Waals surface area contributed by atoms with Gasteiger partial charge >= 0.3 is 0 Å². The smallest absolute Gasteiger partial charge is 0.182 e. The lowest BCUT2D eigenvalue weighted by molar-refractivity contribution is 0.126. The Bertz CT molecular complexity index is 180. The first-order chi connectivity index (χ1) is 6.81. The van der Waals surface area contributed by atoms with Gasteiger partial charge in [-0.1, -0.05) is 0 Å². The maximum absolute atomic E-state index is 5.74. The summed E-state index contributed by atoms with van der Waals surface area (Å²) in [6.07, 6.45) is 3.99. The second-order valence-corrected chi connectivity index (χ2v) is 4.69. The van der Waals surface area contributed by atoms with Crippen LogP contribution in [0.1, 0.15) is 26.2 Å². The lowest BCUT2D eigenvalue weighted by Crippen LogP contribution is -2.32. The van der Waals surface area contributed by atoms with Crippen LogP contribution in [-0.2, 0) is 4.74 Å². The Morgan fingerprint density at radius 3 is 2.71 bits per heavy atom. The molecule has 0 aromatic carbocycles. The van der Waals surface area contributed by atoms with Crippen molar-refractivity contribution in [2.45, 2.75) is 26.2 Å². The van der Waals surface area contributed by atoms with Crippen molar-refractivity contribution in [2.75, 3.05) is 26.3 Å². The van der Waals surface area contributed by atoms with E-state index in [1.165, 1.54) is 19.3 Å². The average Bonchev–Trinajstić information content (AvgIpc) is 2.95. The predicted molar refractivity (Wildman–Crippen MR) is 58.1 cm³/mol. The standard InChI is InChI=1S/C11H20BNO/c1-2-14-8-10-7-11(10)9-3-5-13(12)6-4-9/h9-11H,2-8H2,1H3/t10-,11+/m0/s1. The molecule has 0 bridgehead atoms. The SMILES string of the molecule is [B]N1CCC([C@H]2C[C@H]2COCC)CC1. The van der Waals surface area contributed by atoms with Crippen LogP contribution in [0.5, 0.6) is 0 Å². The molecular formula is C11H20BNO. The fraction of sp³-hybridized carbons (Fsp3) is 1.00. The summed E-state index contributed by atoms with van der Waals surface area (Å²) >= 11 is 0. The van der Waals surface area contributed by atoms with Crippen molar-refractivity contribution in [2.24, 2.45) is 17.8 Å². The fourth-order valence-electron chi connectivity index (χ4n) is 2.66. The van der Waals surface area contributed by atoms with Gasteiger partial charge < -0.3 is 9.55 Å². The van der Waals surface area contributed by atoms with Gasteiger partial charge in [0.2, 0.25) is 0 Å². The van der Waals surface area contributed by atoms with E-state index in [-0.39, 0.29) is 0 Å². The van der Waals surface area contributed by atoms with Gasteiger partial charge in [-0.25, -0.2) is 0 Å². The van der Waals surface area contributed by atoms with Gasteiger partial charge in [0.25, 0.3) is 0 Å². The molecule has 78 valence electrons. The highest BCUT2D eigenvalue weighted by Crippen LogP contribution is 2.47. The molecule has 1 saturated heterocycles. The molecule has 1 aliphatic carbocycles. The number of hydrogen-bond acceptors (Lipinski definition) is 2. The van der Waals surface area contributed by atoms with Crippen molar-refractivity contribution >= 4 is 7.98 Å². The predicted octanol–water partition coefficient (Wildman–Crippen LogP) is 1.45. The zero-order valence-corrected chi connectivity index (χ0v) is 9.11. The molecule has 3 heteroatoms. The number of ether oxygens (including phenoxy) is 1. The van der Waals surface area contributed by atoms with E-state index >= 15 is 0 Å². The van der Waals surface area contributed by atoms with E-state index in [0.717, 1.165) is 44.1 Å². The summed E-state index contributed by atoms with van der Waals surface area (Å²) in [7, 11) is 5.74. The Morgan fingerprint density at radius 1 is 1.36 bits per heavy atom. The van der Waals surface area contributed by atoms with E-state index in [0.29, 0.717) is 0 Å². The Kier molecular flexibility index (Phi) is 3.50. The number of rotatable bonds is 4. The van der Waals surface area contributed by atoms with Crippen molar-refractivity contribution in [3.8, 4) is 0 Å². The summed E-state index contributed by atoms with van der Waals surface area (Å²) < 4.78 is 5.46. The minimum absolute atomic E-state index is 0.865. The molecule has 0 aromatic rings. The third-order valence-corrected chi connectivity index (χ3v) is 3.69. The summed E-state index contributed by atoms with van der Waals surface area (Å²) in [6, 6.07) is 0. The van der Waals surface area contributed by atoms with Crippen LogP contribution >= 0.6 is 0 Å². The molecule has 2 fully saturated rings. The molecule has 0 aromatic heterocycles. The highest BCUT2D eigenvalue weighted by Gasteiger charge is 2.42. The van der Waals surface area contributed by atoms with Crippen molar-refractivity contribution in [1.82, 2.24) is 4.81 Å². The third-order valence-electron chi connectivity index (χ3n) is 3.69. The zero-order valence-electron chi connectivity index (χ0n) is 9.11. The highest BCUT2D eigenvalue weighted by atomic mass is 16.5. The second kappa shape index (κ2) is 4.67. The molecule has 1 aliphatic heterocycles. The van der Waals surface area contributed by atoms with Crippen molar-refractivity contribution in [3.63, 3.8) is 0 Å². The molecule has 14 heavy (non-hydrogen) atoms. The Hall–Kier alpha value is -0.0151. The first kappa shape index (κ1) is 10.5. The largest absolute Gasteiger partial charge is 0.381 e. The summed E-state index contributed by atoms with van der Waals surface area (Å²) in [5, 5.41) is 0. The van der Waals surface area contributed by atoms with Crippen LogP contribution in [0.3, 0.4) is 0 Å². The quantitative estimate of drug-likeness (QED) is 0.626. The molecule has 1 saturated carbocycles. The maximum Gasteiger partial charge on any atom is 0.182 e. The van der Waals surface area contributed by atoms with Gasteiger partial charge in [0.15, 0.2) is 7.98 Å². The lowest BCUT2D eigenvalue weighted by Gasteiger charge is -2.29. The van der Waals surface area contributed by atoms with E-state index in [9.17, 15) is 0 Å². The van der Waals surface area contributed by atoms with Gasteiger partial charge in [-0.3, -0.25) is 0 Å². The van der Waals surface area contributed by atoms with Gasteiger partial charge in [-0.05, 0) is 57.0 Å². The topological polar surface area (TPSA) is 12.5 Å². The molecule has 2 aliphatic rings. The Labute approximate surface area is 88.4 Å². The van der Waals surface area contributed by atoms with Crippen molar-refractivity contribution < 1.29 is 4.74 Å². The van der Waals surface area contributed by atoms with E-state index in [4.69, 9.17) is 12.7 Å². The first-order valence-electron chi connectivity index (χ1n) is 5.88. The number of nitrogens with zero attached hydrogens (tertiary/aromatic N) is 1. The summed E-state index contributed by atoms with van der Waals surface area (Å²) in [4.78, 5) is 1.95. The molecule has 0 amide bonds. The minimum atomic E-state index is 0.865. The van der Waals surface area contributed by atoms with Crippen LogP contribution < -0.4 is 0 Å². The minimum Gasteiger partial charge on any atom is -0.381 e. The third kappa shape index (κ3) is 2.51. The van der Waals surface area contributed by atoms with Crippen LogP contribution in [0.4, 0.5) is 0 Å². The van der Waals surface area contributed by atoms with E-state index in [1.54, 1.807) is 0 Å². The lowest BCUT2D eigenvalue weighted by atomic mass is 9.90. The number of piperidine rings is 1. The molecule has 0 spiro atoms. The monoisotopic (exact) mass is 193 g/mol. The molecule has 1 heterocycles. The molecule has 0 unspecified atom stereocenters. The molecule has 2 nitrogen and oxygen atoms in total. The van der Waals surface area contributed by atoms with Gasteiger partial charge in [0.1, 0.15) is 0 Å². The second-order valence-electron chi connectivity index (χ2n) is 4.69. The van der Waals surface area contributed by atoms with Crippen molar-refractivity contribution in [1.29, 1.82) is 0 Å². The highest BCUT2D eigenvalue weighted by molar-refractivity contribution is 6.04. The fourth-order valence-corrected chi connectivity index (χ4v) is 2.66. The first-order valence-corrected chi connectivity index (χ1v) is 5.88. The Balaban J connectivity index is 1.66. The average molecular weight is 193 g/mol. The van der Waals surface area contributed by atoms with Crippen molar-refractivity contribution in [3.05, 3.63) is 0 Å². The van der Waals surface area contributed by atoms with E-state index < -0.39 is 0 Å². The van der Waals surface area contributed by atoms with Crippen LogP contribution in [-0.4, -0.2) is 39.1 Å². The summed E-state index contributed by atoms with van der Waals surface area (Å²) in [6.45, 7) is 6.10. The molecular weight excluding hydrogens is 173 g/mol. The summed E-state index contributed by atoms with van der Waals surface area (Å²) in [5.74, 6) is 2.75. The number of hydrogen-bond donors (Lipinski definition) is 0. The maximum atomic E-state index is 5.74. The van der Waals surface area contributed by atoms with E-state index in [1.807, 2.05) is 4.81 Å². The van der Waals surface area contributed by atoms with Gasteiger partial charge in [0, 0.05) is 13.2 Å². The van der Waals surface area contributed by atoms with Gasteiger partial charge in [0.05, 0.1) is 0 Å². The van der Waals surface area contributed by atoms with Crippen LogP contribution in [0.15, 0.2) is 0 Å². The normalized spacial score (nSPS) is 34.6. The van der Waals surface area contributed by atoms with Gasteiger partial charge in [-0.2, -0.15) is 0 Å². The zero-order chi connectivity index (χ0) is 9.97. The van der Waals surface area contributed by atoms with Crippen LogP contribution in [0.2, 0.25) is 0 Å². The summed E-state index contributed by atoms with van der Waals surface area (Å²) in [5.41, 5.74) is 0. The van der Waals surface area contributed by atoms with Crippen LogP contribution in [0.25, 0.3) is 0 Å². The molecule has 2 atom stereocenters. The van der Waals surface area contributed by atoms with Gasteiger partial charge in [-0.15, -0.1) is 0 Å². The van der Waals surface area contributed by atoms with E-state index in [2.05, 4.69) is 6.92 Å². The molecule has 2 rings (SSSR count).